The highest BCUT2D eigenvalue weighted by Crippen LogP contribution is 2.47. The number of aromatic nitrogens is 2. The van der Waals surface area contributed by atoms with Gasteiger partial charge in [-0.25, -0.2) is 14.6 Å². The van der Waals surface area contributed by atoms with Crippen LogP contribution in [0.3, 0.4) is 0 Å². The van der Waals surface area contributed by atoms with Crippen molar-refractivity contribution in [2.75, 3.05) is 27.2 Å². The fourth-order valence-corrected chi connectivity index (χ4v) is 6.67. The number of amides is 3. The molecular formula is C33H39N5O6. The molecule has 0 spiro atoms. The Morgan fingerprint density at radius 2 is 1.84 bits per heavy atom. The van der Waals surface area contributed by atoms with Gasteiger partial charge >= 0.3 is 12.0 Å². The summed E-state index contributed by atoms with van der Waals surface area (Å²) in [5.74, 6) is -0.0579. The van der Waals surface area contributed by atoms with Crippen molar-refractivity contribution in [3.05, 3.63) is 48.0 Å². The number of aryl methyl sites for hydroxylation is 1. The van der Waals surface area contributed by atoms with Crippen LogP contribution < -0.4 is 14.8 Å². The van der Waals surface area contributed by atoms with E-state index in [1.807, 2.05) is 49.4 Å². The Morgan fingerprint density at radius 1 is 1.07 bits per heavy atom. The molecule has 1 aliphatic carbocycles. The van der Waals surface area contributed by atoms with E-state index >= 15 is 0 Å². The lowest BCUT2D eigenvalue weighted by Gasteiger charge is -2.30. The minimum Gasteiger partial charge on any atom is -0.496 e. The molecule has 232 valence electrons. The molecule has 0 bridgehead atoms. The summed E-state index contributed by atoms with van der Waals surface area (Å²) in [5, 5.41) is 13.6. The Kier molecular flexibility index (Phi) is 8.04. The first-order valence-electron chi connectivity index (χ1n) is 15.4. The van der Waals surface area contributed by atoms with Gasteiger partial charge in [-0.15, -0.1) is 0 Å². The van der Waals surface area contributed by atoms with Crippen molar-refractivity contribution in [2.45, 2.75) is 69.6 Å². The average molecular weight is 602 g/mol. The van der Waals surface area contributed by atoms with Crippen molar-refractivity contribution in [3.63, 3.8) is 0 Å². The molecule has 3 fully saturated rings. The minimum atomic E-state index is -1.27. The highest BCUT2D eigenvalue weighted by atomic mass is 16.5. The summed E-state index contributed by atoms with van der Waals surface area (Å²) < 4.78 is 12.1. The molecule has 1 aromatic heterocycles. The van der Waals surface area contributed by atoms with Gasteiger partial charge in [-0.05, 0) is 44.2 Å². The largest absolute Gasteiger partial charge is 0.496 e. The lowest BCUT2D eigenvalue weighted by atomic mass is 10.0. The predicted octanol–water partition coefficient (Wildman–Crippen LogP) is 4.41. The Labute approximate surface area is 256 Å². The number of rotatable bonds is 5. The van der Waals surface area contributed by atoms with Gasteiger partial charge in [0.05, 0.1) is 24.6 Å². The number of urea groups is 1. The van der Waals surface area contributed by atoms with Crippen LogP contribution in [0.2, 0.25) is 0 Å². The van der Waals surface area contributed by atoms with E-state index in [-0.39, 0.29) is 24.9 Å². The molecule has 11 heteroatoms. The number of benzene rings is 2. The zero-order valence-corrected chi connectivity index (χ0v) is 25.4. The number of carbonyl (C=O) groups excluding carboxylic acids is 2. The van der Waals surface area contributed by atoms with Crippen LogP contribution in [-0.2, 0) is 9.59 Å². The molecule has 2 N–H and O–H groups in total. The van der Waals surface area contributed by atoms with E-state index < -0.39 is 29.6 Å². The summed E-state index contributed by atoms with van der Waals surface area (Å²) in [6, 6.07) is 12.1. The normalized spacial score (nSPS) is 25.9. The second-order valence-electron chi connectivity index (χ2n) is 12.2. The maximum absolute atomic E-state index is 13.7. The SMILES string of the molecule is COc1ccc2c(O[C@@H]3C[C@H]4C(=O)NC5(C(=O)O)C[C@H]5CCCCCCN(C)C(=O)N4C3)nc(-c3ccccc3)nc2c1C. The molecule has 1 unspecified atom stereocenters. The molecule has 4 atom stereocenters. The number of carboxylic acids is 1. The maximum atomic E-state index is 13.7. The van der Waals surface area contributed by atoms with Gasteiger partial charge in [-0.3, -0.25) is 4.79 Å². The molecule has 0 radical (unpaired) electrons. The molecular weight excluding hydrogens is 562 g/mol. The first-order valence-corrected chi connectivity index (χ1v) is 15.4. The summed E-state index contributed by atoms with van der Waals surface area (Å²) in [4.78, 5) is 52.5. The van der Waals surface area contributed by atoms with Crippen molar-refractivity contribution < 1.29 is 29.0 Å². The topological polar surface area (TPSA) is 134 Å². The predicted molar refractivity (Wildman–Crippen MR) is 164 cm³/mol. The van der Waals surface area contributed by atoms with Gasteiger partial charge in [0, 0.05) is 31.1 Å². The molecule has 3 aliphatic rings. The van der Waals surface area contributed by atoms with Crippen molar-refractivity contribution in [1.82, 2.24) is 25.1 Å². The number of nitrogens with one attached hydrogen (secondary N) is 1. The summed E-state index contributed by atoms with van der Waals surface area (Å²) in [6.45, 7) is 2.67. The van der Waals surface area contributed by atoms with Crippen molar-refractivity contribution in [2.24, 2.45) is 5.92 Å². The monoisotopic (exact) mass is 601 g/mol. The van der Waals surface area contributed by atoms with Crippen molar-refractivity contribution in [3.8, 4) is 23.0 Å². The van der Waals surface area contributed by atoms with E-state index in [0.717, 1.165) is 43.2 Å². The minimum absolute atomic E-state index is 0.101. The fourth-order valence-electron chi connectivity index (χ4n) is 6.67. The Bertz CT molecular complexity index is 1580. The van der Waals surface area contributed by atoms with Crippen LogP contribution in [-0.4, -0.2) is 87.7 Å². The number of hydrogen-bond acceptors (Lipinski definition) is 7. The Balaban J connectivity index is 1.34. The summed E-state index contributed by atoms with van der Waals surface area (Å²) in [6.07, 6.45) is 4.49. The van der Waals surface area contributed by atoms with Gasteiger partial charge in [0.1, 0.15) is 23.4 Å². The number of methoxy groups -OCH3 is 1. The molecule has 3 heterocycles. The fraction of sp³-hybridized carbons (Fsp3) is 0.485. The summed E-state index contributed by atoms with van der Waals surface area (Å²) in [7, 11) is 3.35. The summed E-state index contributed by atoms with van der Waals surface area (Å²) >= 11 is 0. The molecule has 6 rings (SSSR count). The van der Waals surface area contributed by atoms with Gasteiger partial charge < -0.3 is 29.7 Å². The van der Waals surface area contributed by atoms with Crippen molar-refractivity contribution >= 4 is 28.8 Å². The Morgan fingerprint density at radius 3 is 2.59 bits per heavy atom. The standard InChI is InChI=1S/C33H39N5O6/c1-20-26(43-3)15-14-24-27(20)34-28(21-11-7-6-8-12-21)35-30(24)44-23-17-25-29(39)36-33(31(40)41)18-22(33)13-9-4-5-10-16-37(2)32(42)38(25)19-23/h6-8,11-12,14-15,22-23,25H,4-5,9-10,13,16-19H2,1-3H3,(H,36,39)(H,40,41)/t22-,23-,25+,33?/m1/s1. The third kappa shape index (κ3) is 5.51. The molecule has 3 amide bonds. The second-order valence-corrected chi connectivity index (χ2v) is 12.2. The van der Waals surface area contributed by atoms with Gasteiger partial charge in [-0.1, -0.05) is 49.6 Å². The number of ether oxygens (including phenoxy) is 2. The zero-order valence-electron chi connectivity index (χ0n) is 25.4. The van der Waals surface area contributed by atoms with Gasteiger partial charge in [0.15, 0.2) is 5.82 Å². The second kappa shape index (κ2) is 11.9. The first-order chi connectivity index (χ1) is 21.2. The first kappa shape index (κ1) is 29.7. The third-order valence-electron chi connectivity index (χ3n) is 9.33. The van der Waals surface area contributed by atoms with E-state index in [9.17, 15) is 19.5 Å². The number of hydrogen-bond donors (Lipinski definition) is 2. The summed E-state index contributed by atoms with van der Waals surface area (Å²) in [5.41, 5.74) is 1.07. The molecule has 11 nitrogen and oxygen atoms in total. The molecule has 44 heavy (non-hydrogen) atoms. The van der Waals surface area contributed by atoms with Crippen LogP contribution in [0, 0.1) is 12.8 Å². The van der Waals surface area contributed by atoms with Crippen LogP contribution in [0.5, 0.6) is 11.6 Å². The molecule has 2 aliphatic heterocycles. The third-order valence-corrected chi connectivity index (χ3v) is 9.33. The maximum Gasteiger partial charge on any atom is 0.329 e. The lowest BCUT2D eigenvalue weighted by molar-refractivity contribution is -0.144. The van der Waals surface area contributed by atoms with Gasteiger partial charge in [0.25, 0.3) is 0 Å². The molecule has 2 saturated heterocycles. The van der Waals surface area contributed by atoms with E-state index in [4.69, 9.17) is 19.4 Å². The van der Waals surface area contributed by atoms with Gasteiger partial charge in [0.2, 0.25) is 11.8 Å². The number of nitrogens with zero attached hydrogens (tertiary/aromatic N) is 4. The zero-order chi connectivity index (χ0) is 31.0. The molecule has 1 saturated carbocycles. The number of fused-ring (bicyclic) bond motifs is 3. The lowest BCUT2D eigenvalue weighted by Crippen LogP contribution is -2.54. The Hall–Kier alpha value is -4.41. The van der Waals surface area contributed by atoms with Crippen LogP contribution in [0.25, 0.3) is 22.3 Å². The molecule has 2 aromatic carbocycles. The smallest absolute Gasteiger partial charge is 0.329 e. The quantitative estimate of drug-likeness (QED) is 0.439. The van der Waals surface area contributed by atoms with E-state index in [2.05, 4.69) is 5.32 Å². The highest BCUT2D eigenvalue weighted by Gasteiger charge is 2.62. The van der Waals surface area contributed by atoms with E-state index in [1.165, 1.54) is 4.90 Å². The number of aliphatic carboxylic acids is 1. The molecule has 3 aromatic rings. The van der Waals surface area contributed by atoms with Crippen LogP contribution in [0.15, 0.2) is 42.5 Å². The average Bonchev–Trinajstić information content (AvgIpc) is 3.56. The van der Waals surface area contributed by atoms with Gasteiger partial charge in [-0.2, -0.15) is 4.98 Å². The van der Waals surface area contributed by atoms with Crippen LogP contribution in [0.4, 0.5) is 4.79 Å². The van der Waals surface area contributed by atoms with E-state index in [0.29, 0.717) is 41.3 Å². The number of carbonyl (C=O) groups is 3. The number of carboxylic acid groups (broad SMARTS) is 1. The van der Waals surface area contributed by atoms with Crippen LogP contribution in [0.1, 0.15) is 50.5 Å². The van der Waals surface area contributed by atoms with Crippen molar-refractivity contribution in [1.29, 1.82) is 0 Å². The van der Waals surface area contributed by atoms with E-state index in [1.54, 1.807) is 19.1 Å². The van der Waals surface area contributed by atoms with Crippen LogP contribution >= 0.6 is 0 Å². The highest BCUT2D eigenvalue weighted by molar-refractivity contribution is 5.94.